The number of anilines is 1. The van der Waals surface area contributed by atoms with Crippen LogP contribution in [-0.4, -0.2) is 43.2 Å². The third kappa shape index (κ3) is 2.35. The molecule has 0 aliphatic carbocycles. The Morgan fingerprint density at radius 1 is 1.39 bits per heavy atom. The SMILES string of the molecule is CN1C(CN)CN(c2ccccc2F)CC1(C)C. The summed E-state index contributed by atoms with van der Waals surface area (Å²) in [7, 11) is 2.09. The smallest absolute Gasteiger partial charge is 0.146 e. The van der Waals surface area contributed by atoms with Crippen molar-refractivity contribution in [2.24, 2.45) is 5.73 Å². The van der Waals surface area contributed by atoms with Gasteiger partial charge in [-0.15, -0.1) is 0 Å². The van der Waals surface area contributed by atoms with Gasteiger partial charge in [-0.1, -0.05) is 12.1 Å². The van der Waals surface area contributed by atoms with Gasteiger partial charge in [-0.2, -0.15) is 0 Å². The number of nitrogens with two attached hydrogens (primary N) is 1. The van der Waals surface area contributed by atoms with E-state index < -0.39 is 0 Å². The second-order valence-electron chi connectivity index (χ2n) is 5.64. The van der Waals surface area contributed by atoms with Gasteiger partial charge in [-0.3, -0.25) is 4.90 Å². The van der Waals surface area contributed by atoms with Crippen molar-refractivity contribution >= 4 is 5.69 Å². The highest BCUT2D eigenvalue weighted by atomic mass is 19.1. The zero-order valence-electron chi connectivity index (χ0n) is 11.4. The summed E-state index contributed by atoms with van der Waals surface area (Å²) in [6, 6.07) is 7.21. The predicted octanol–water partition coefficient (Wildman–Crippen LogP) is 1.68. The molecule has 1 heterocycles. The molecule has 0 radical (unpaired) electrons. The molecular formula is C14H22FN3. The number of benzene rings is 1. The maximum Gasteiger partial charge on any atom is 0.146 e. The second-order valence-corrected chi connectivity index (χ2v) is 5.64. The Kier molecular flexibility index (Phi) is 3.59. The second kappa shape index (κ2) is 4.86. The molecule has 0 bridgehead atoms. The molecule has 18 heavy (non-hydrogen) atoms. The van der Waals surface area contributed by atoms with E-state index in [2.05, 4.69) is 30.7 Å². The number of halogens is 1. The molecule has 1 unspecified atom stereocenters. The van der Waals surface area contributed by atoms with E-state index in [1.165, 1.54) is 6.07 Å². The van der Waals surface area contributed by atoms with Crippen LogP contribution >= 0.6 is 0 Å². The summed E-state index contributed by atoms with van der Waals surface area (Å²) in [6.07, 6.45) is 0. The molecule has 1 aromatic carbocycles. The Labute approximate surface area is 108 Å². The molecule has 0 spiro atoms. The molecule has 0 amide bonds. The monoisotopic (exact) mass is 251 g/mol. The van der Waals surface area contributed by atoms with E-state index in [9.17, 15) is 4.39 Å². The van der Waals surface area contributed by atoms with Crippen molar-refractivity contribution in [2.75, 3.05) is 31.6 Å². The van der Waals surface area contributed by atoms with Gasteiger partial charge in [0.15, 0.2) is 0 Å². The number of rotatable bonds is 2. The van der Waals surface area contributed by atoms with Gasteiger partial charge in [0.2, 0.25) is 0 Å². The van der Waals surface area contributed by atoms with Crippen LogP contribution in [0.2, 0.25) is 0 Å². The van der Waals surface area contributed by atoms with Crippen LogP contribution in [0.15, 0.2) is 24.3 Å². The number of hydrogen-bond acceptors (Lipinski definition) is 3. The van der Waals surface area contributed by atoms with Gasteiger partial charge in [0.1, 0.15) is 5.82 Å². The lowest BCUT2D eigenvalue weighted by Gasteiger charge is -2.50. The van der Waals surface area contributed by atoms with Gasteiger partial charge in [0.05, 0.1) is 5.69 Å². The summed E-state index contributed by atoms with van der Waals surface area (Å²) < 4.78 is 13.9. The molecular weight excluding hydrogens is 229 g/mol. The minimum absolute atomic E-state index is 0.00936. The first-order chi connectivity index (χ1) is 8.45. The van der Waals surface area contributed by atoms with Crippen molar-refractivity contribution in [3.63, 3.8) is 0 Å². The Bertz CT molecular complexity index is 419. The van der Waals surface area contributed by atoms with E-state index in [-0.39, 0.29) is 17.4 Å². The highest BCUT2D eigenvalue weighted by molar-refractivity contribution is 5.49. The van der Waals surface area contributed by atoms with E-state index in [0.29, 0.717) is 12.2 Å². The number of piperazine rings is 1. The number of para-hydroxylation sites is 1. The highest BCUT2D eigenvalue weighted by Crippen LogP contribution is 2.28. The van der Waals surface area contributed by atoms with Crippen LogP contribution < -0.4 is 10.6 Å². The predicted molar refractivity (Wildman–Crippen MR) is 73.3 cm³/mol. The van der Waals surface area contributed by atoms with Crippen LogP contribution in [-0.2, 0) is 0 Å². The largest absolute Gasteiger partial charge is 0.366 e. The molecule has 1 aliphatic heterocycles. The quantitative estimate of drug-likeness (QED) is 0.868. The standard InChI is InChI=1S/C14H22FN3/c1-14(2)10-18(9-11(8-16)17(14)3)13-7-5-4-6-12(13)15/h4-7,11H,8-10,16H2,1-3H3. The third-order valence-corrected chi connectivity index (χ3v) is 3.98. The van der Waals surface area contributed by atoms with Crippen molar-refractivity contribution < 1.29 is 4.39 Å². The first-order valence-corrected chi connectivity index (χ1v) is 6.38. The zero-order chi connectivity index (χ0) is 13.3. The summed E-state index contributed by atoms with van der Waals surface area (Å²) >= 11 is 0. The first kappa shape index (κ1) is 13.3. The van der Waals surface area contributed by atoms with Crippen LogP contribution in [0.3, 0.4) is 0 Å². The fourth-order valence-electron chi connectivity index (χ4n) is 2.64. The lowest BCUT2D eigenvalue weighted by molar-refractivity contribution is 0.0842. The lowest BCUT2D eigenvalue weighted by Crippen LogP contribution is -2.64. The molecule has 100 valence electrons. The molecule has 0 aromatic heterocycles. The molecule has 2 N–H and O–H groups in total. The molecule has 1 atom stereocenters. The van der Waals surface area contributed by atoms with Crippen molar-refractivity contribution in [3.8, 4) is 0 Å². The van der Waals surface area contributed by atoms with E-state index in [1.54, 1.807) is 6.07 Å². The minimum atomic E-state index is -0.159. The Balaban J connectivity index is 2.28. The van der Waals surface area contributed by atoms with Gasteiger partial charge in [0.25, 0.3) is 0 Å². The average Bonchev–Trinajstić information content (AvgIpc) is 2.33. The van der Waals surface area contributed by atoms with Gasteiger partial charge in [-0.05, 0) is 33.0 Å². The molecule has 4 heteroatoms. The Hall–Kier alpha value is -1.13. The van der Waals surface area contributed by atoms with Crippen LogP contribution in [0.25, 0.3) is 0 Å². The van der Waals surface area contributed by atoms with E-state index >= 15 is 0 Å². The van der Waals surface area contributed by atoms with Crippen LogP contribution in [0.1, 0.15) is 13.8 Å². The summed E-state index contributed by atoms with van der Waals surface area (Å²) in [5, 5.41) is 0. The van der Waals surface area contributed by atoms with Crippen molar-refractivity contribution in [1.29, 1.82) is 0 Å². The van der Waals surface area contributed by atoms with Gasteiger partial charge in [-0.25, -0.2) is 4.39 Å². The summed E-state index contributed by atoms with van der Waals surface area (Å²) in [6.45, 7) is 6.51. The maximum atomic E-state index is 13.9. The topological polar surface area (TPSA) is 32.5 Å². The highest BCUT2D eigenvalue weighted by Gasteiger charge is 2.37. The summed E-state index contributed by atoms with van der Waals surface area (Å²) in [5.41, 5.74) is 6.50. The fourth-order valence-corrected chi connectivity index (χ4v) is 2.64. The van der Waals surface area contributed by atoms with E-state index in [0.717, 1.165) is 13.1 Å². The van der Waals surface area contributed by atoms with Crippen molar-refractivity contribution in [1.82, 2.24) is 4.90 Å². The number of nitrogens with zero attached hydrogens (tertiary/aromatic N) is 2. The Morgan fingerprint density at radius 2 is 2.06 bits per heavy atom. The summed E-state index contributed by atoms with van der Waals surface area (Å²) in [5.74, 6) is -0.159. The normalized spacial score (nSPS) is 24.3. The van der Waals surface area contributed by atoms with Crippen LogP contribution in [0, 0.1) is 5.82 Å². The Morgan fingerprint density at radius 3 is 2.67 bits per heavy atom. The first-order valence-electron chi connectivity index (χ1n) is 6.38. The van der Waals surface area contributed by atoms with Gasteiger partial charge < -0.3 is 10.6 Å². The average molecular weight is 251 g/mol. The number of hydrogen-bond donors (Lipinski definition) is 1. The van der Waals surface area contributed by atoms with Crippen LogP contribution in [0.5, 0.6) is 0 Å². The van der Waals surface area contributed by atoms with Gasteiger partial charge >= 0.3 is 0 Å². The molecule has 2 rings (SSSR count). The molecule has 1 fully saturated rings. The molecule has 1 aromatic rings. The fraction of sp³-hybridized carbons (Fsp3) is 0.571. The third-order valence-electron chi connectivity index (χ3n) is 3.98. The summed E-state index contributed by atoms with van der Waals surface area (Å²) in [4.78, 5) is 4.40. The van der Waals surface area contributed by atoms with E-state index in [1.807, 2.05) is 12.1 Å². The van der Waals surface area contributed by atoms with E-state index in [4.69, 9.17) is 5.73 Å². The molecule has 3 nitrogen and oxygen atoms in total. The lowest BCUT2D eigenvalue weighted by atomic mass is 9.95. The molecule has 1 saturated heterocycles. The minimum Gasteiger partial charge on any atom is -0.366 e. The van der Waals surface area contributed by atoms with Crippen LogP contribution in [0.4, 0.5) is 10.1 Å². The molecule has 1 aliphatic rings. The van der Waals surface area contributed by atoms with Gasteiger partial charge in [0, 0.05) is 31.2 Å². The maximum absolute atomic E-state index is 13.9. The number of likely N-dealkylation sites (N-methyl/N-ethyl adjacent to an activating group) is 1. The van der Waals surface area contributed by atoms with Crippen molar-refractivity contribution in [3.05, 3.63) is 30.1 Å². The zero-order valence-corrected chi connectivity index (χ0v) is 11.4. The van der Waals surface area contributed by atoms with Crippen molar-refractivity contribution in [2.45, 2.75) is 25.4 Å². The molecule has 0 saturated carbocycles.